The number of nitrogens with zero attached hydrogens (tertiary/aromatic N) is 3. The van der Waals surface area contributed by atoms with Gasteiger partial charge in [-0.1, -0.05) is 89.6 Å². The van der Waals surface area contributed by atoms with Gasteiger partial charge in [0.2, 0.25) is 0 Å². The molecule has 0 atom stereocenters. The molecular weight excluding hydrogens is 442 g/mol. The first-order valence-electron chi connectivity index (χ1n) is 12.0. The minimum absolute atomic E-state index is 0.309. The zero-order valence-electron chi connectivity index (χ0n) is 19.3. The lowest BCUT2D eigenvalue weighted by Gasteiger charge is -2.39. The molecule has 5 rings (SSSR count). The number of piperazine rings is 1. The van der Waals surface area contributed by atoms with Crippen LogP contribution < -0.4 is 0 Å². The fourth-order valence-corrected chi connectivity index (χ4v) is 5.01. The largest absolute Gasteiger partial charge is 0.361 e. The van der Waals surface area contributed by atoms with Gasteiger partial charge in [-0.3, -0.25) is 4.90 Å². The SMILES string of the molecule is Clc1cccc(-c2cc(CCCN3CCN(C(c4ccccc4)c4ccccc4)CC3)on2)c1. The molecule has 1 fully saturated rings. The van der Waals surface area contributed by atoms with Crippen molar-refractivity contribution in [1.82, 2.24) is 15.0 Å². The van der Waals surface area contributed by atoms with Crippen molar-refractivity contribution in [3.05, 3.63) is 113 Å². The maximum atomic E-state index is 6.10. The van der Waals surface area contributed by atoms with Gasteiger partial charge in [0.15, 0.2) is 0 Å². The third-order valence-electron chi connectivity index (χ3n) is 6.58. The van der Waals surface area contributed by atoms with E-state index in [2.05, 4.69) is 75.6 Å². The molecule has 0 spiro atoms. The first kappa shape index (κ1) is 22.9. The van der Waals surface area contributed by atoms with Crippen LogP contribution in [0, 0.1) is 0 Å². The van der Waals surface area contributed by atoms with E-state index in [0.29, 0.717) is 11.1 Å². The van der Waals surface area contributed by atoms with Gasteiger partial charge >= 0.3 is 0 Å². The molecule has 4 aromatic rings. The van der Waals surface area contributed by atoms with Gasteiger partial charge in [0.1, 0.15) is 11.5 Å². The van der Waals surface area contributed by atoms with Crippen LogP contribution in [0.4, 0.5) is 0 Å². The van der Waals surface area contributed by atoms with Crippen LogP contribution in [-0.2, 0) is 6.42 Å². The van der Waals surface area contributed by atoms with Gasteiger partial charge in [-0.15, -0.1) is 0 Å². The quantitative estimate of drug-likeness (QED) is 0.300. The molecule has 0 N–H and O–H groups in total. The van der Waals surface area contributed by atoms with E-state index in [1.807, 2.05) is 30.3 Å². The molecular formula is C29H30ClN3O. The second-order valence-electron chi connectivity index (χ2n) is 8.89. The van der Waals surface area contributed by atoms with Crippen LogP contribution in [0.1, 0.15) is 29.3 Å². The van der Waals surface area contributed by atoms with Gasteiger partial charge in [-0.25, -0.2) is 0 Å². The highest BCUT2D eigenvalue weighted by atomic mass is 35.5. The molecule has 3 aromatic carbocycles. The maximum Gasteiger partial charge on any atom is 0.137 e. The zero-order chi connectivity index (χ0) is 23.2. The van der Waals surface area contributed by atoms with Crippen LogP contribution in [0.25, 0.3) is 11.3 Å². The summed E-state index contributed by atoms with van der Waals surface area (Å²) in [5.74, 6) is 0.932. The highest BCUT2D eigenvalue weighted by molar-refractivity contribution is 6.30. The van der Waals surface area contributed by atoms with Crippen LogP contribution in [-0.4, -0.2) is 47.7 Å². The Morgan fingerprint density at radius 2 is 1.47 bits per heavy atom. The molecule has 1 aromatic heterocycles. The van der Waals surface area contributed by atoms with Crippen LogP contribution in [0.3, 0.4) is 0 Å². The van der Waals surface area contributed by atoms with E-state index in [9.17, 15) is 0 Å². The van der Waals surface area contributed by atoms with E-state index < -0.39 is 0 Å². The Labute approximate surface area is 206 Å². The Kier molecular flexibility index (Phi) is 7.40. The first-order chi connectivity index (χ1) is 16.8. The van der Waals surface area contributed by atoms with Gasteiger partial charge in [-0.2, -0.15) is 0 Å². The predicted molar refractivity (Wildman–Crippen MR) is 138 cm³/mol. The standard InChI is InChI=1S/C29H30ClN3O/c30-26-14-7-13-25(21-26)28-22-27(34-31-28)15-8-16-32-17-19-33(20-18-32)29(23-9-3-1-4-10-23)24-11-5-2-6-12-24/h1-7,9-14,21-22,29H,8,15-20H2. The normalized spacial score (nSPS) is 15.1. The molecule has 5 heteroatoms. The lowest BCUT2D eigenvalue weighted by atomic mass is 9.96. The van der Waals surface area contributed by atoms with Crippen molar-refractivity contribution >= 4 is 11.6 Å². The van der Waals surface area contributed by atoms with Crippen molar-refractivity contribution in [1.29, 1.82) is 0 Å². The summed E-state index contributed by atoms with van der Waals surface area (Å²) in [4.78, 5) is 5.19. The molecule has 0 radical (unpaired) electrons. The number of hydrogen-bond donors (Lipinski definition) is 0. The van der Waals surface area contributed by atoms with E-state index >= 15 is 0 Å². The van der Waals surface area contributed by atoms with Gasteiger partial charge in [-0.05, 0) is 36.2 Å². The molecule has 0 saturated carbocycles. The summed E-state index contributed by atoms with van der Waals surface area (Å²) in [7, 11) is 0. The third kappa shape index (κ3) is 5.58. The Balaban J connectivity index is 1.14. The predicted octanol–water partition coefficient (Wildman–Crippen LogP) is 6.33. The minimum atomic E-state index is 0.309. The van der Waals surface area contributed by atoms with E-state index in [1.165, 1.54) is 11.1 Å². The second kappa shape index (κ2) is 11.0. The third-order valence-corrected chi connectivity index (χ3v) is 6.81. The second-order valence-corrected chi connectivity index (χ2v) is 9.33. The van der Waals surface area contributed by atoms with Crippen molar-refractivity contribution in [3.8, 4) is 11.3 Å². The van der Waals surface area contributed by atoms with Crippen molar-refractivity contribution < 1.29 is 4.52 Å². The number of aryl methyl sites for hydroxylation is 1. The van der Waals surface area contributed by atoms with E-state index in [0.717, 1.165) is 62.6 Å². The summed E-state index contributed by atoms with van der Waals surface area (Å²) < 4.78 is 5.58. The van der Waals surface area contributed by atoms with Crippen molar-refractivity contribution in [3.63, 3.8) is 0 Å². The average molecular weight is 472 g/mol. The average Bonchev–Trinajstić information content (AvgIpc) is 3.36. The number of halogens is 1. The summed E-state index contributed by atoms with van der Waals surface area (Å²) in [6, 6.07) is 31.8. The number of rotatable bonds is 8. The van der Waals surface area contributed by atoms with Gasteiger partial charge < -0.3 is 9.42 Å². The highest BCUT2D eigenvalue weighted by Gasteiger charge is 2.26. The molecule has 1 aliphatic heterocycles. The monoisotopic (exact) mass is 471 g/mol. The topological polar surface area (TPSA) is 32.5 Å². The van der Waals surface area contributed by atoms with Crippen LogP contribution in [0.5, 0.6) is 0 Å². The molecule has 4 nitrogen and oxygen atoms in total. The molecule has 0 unspecified atom stereocenters. The van der Waals surface area contributed by atoms with Crippen LogP contribution in [0.15, 0.2) is 95.5 Å². The molecule has 0 aliphatic carbocycles. The Morgan fingerprint density at radius 1 is 0.794 bits per heavy atom. The summed E-state index contributed by atoms with van der Waals surface area (Å²) in [5.41, 5.74) is 4.56. The number of hydrogen-bond acceptors (Lipinski definition) is 4. The maximum absolute atomic E-state index is 6.10. The summed E-state index contributed by atoms with van der Waals surface area (Å²) in [6.45, 7) is 5.37. The Bertz CT molecular complexity index is 1130. The van der Waals surface area contributed by atoms with Crippen molar-refractivity contribution in [2.45, 2.75) is 18.9 Å². The Hall–Kier alpha value is -2.92. The van der Waals surface area contributed by atoms with E-state index in [-0.39, 0.29) is 0 Å². The summed E-state index contributed by atoms with van der Waals surface area (Å²) >= 11 is 6.10. The highest BCUT2D eigenvalue weighted by Crippen LogP contribution is 2.29. The van der Waals surface area contributed by atoms with E-state index in [1.54, 1.807) is 0 Å². The number of aromatic nitrogens is 1. The Morgan fingerprint density at radius 3 is 2.12 bits per heavy atom. The van der Waals surface area contributed by atoms with E-state index in [4.69, 9.17) is 16.1 Å². The smallest absolute Gasteiger partial charge is 0.137 e. The molecule has 174 valence electrons. The van der Waals surface area contributed by atoms with Crippen LogP contribution >= 0.6 is 11.6 Å². The van der Waals surface area contributed by atoms with Gasteiger partial charge in [0.25, 0.3) is 0 Å². The fourth-order valence-electron chi connectivity index (χ4n) is 4.82. The molecule has 0 bridgehead atoms. The molecule has 0 amide bonds. The van der Waals surface area contributed by atoms with Crippen molar-refractivity contribution in [2.24, 2.45) is 0 Å². The molecule has 1 aliphatic rings. The summed E-state index contributed by atoms with van der Waals surface area (Å²) in [6.07, 6.45) is 1.95. The van der Waals surface area contributed by atoms with Gasteiger partial charge in [0.05, 0.1) is 6.04 Å². The first-order valence-corrected chi connectivity index (χ1v) is 12.4. The fraction of sp³-hybridized carbons (Fsp3) is 0.276. The van der Waals surface area contributed by atoms with Crippen LogP contribution in [0.2, 0.25) is 5.02 Å². The zero-order valence-corrected chi connectivity index (χ0v) is 20.1. The van der Waals surface area contributed by atoms with Crippen molar-refractivity contribution in [2.75, 3.05) is 32.7 Å². The molecule has 2 heterocycles. The molecule has 34 heavy (non-hydrogen) atoms. The molecule has 1 saturated heterocycles. The summed E-state index contributed by atoms with van der Waals surface area (Å²) in [5, 5.41) is 4.94. The lowest BCUT2D eigenvalue weighted by molar-refractivity contribution is 0.108. The van der Waals surface area contributed by atoms with Gasteiger partial charge in [0, 0.05) is 49.3 Å². The lowest BCUT2D eigenvalue weighted by Crippen LogP contribution is -2.48. The minimum Gasteiger partial charge on any atom is -0.361 e. The number of benzene rings is 3.